The summed E-state index contributed by atoms with van der Waals surface area (Å²) in [7, 11) is 0. The molecule has 0 amide bonds. The van der Waals surface area contributed by atoms with Crippen molar-refractivity contribution in [3.8, 4) is 0 Å². The summed E-state index contributed by atoms with van der Waals surface area (Å²) in [6.45, 7) is 3.50. The van der Waals surface area contributed by atoms with Crippen molar-refractivity contribution in [1.82, 2.24) is 9.55 Å². The number of halogens is 1. The van der Waals surface area contributed by atoms with Crippen LogP contribution in [0.15, 0.2) is 12.4 Å². The van der Waals surface area contributed by atoms with Gasteiger partial charge in [0.2, 0.25) is 0 Å². The van der Waals surface area contributed by atoms with E-state index >= 15 is 0 Å². The van der Waals surface area contributed by atoms with Gasteiger partial charge in [-0.25, -0.2) is 4.98 Å². The molecular formula is C9H15ClN2O. The summed E-state index contributed by atoms with van der Waals surface area (Å²) < 4.78 is 7.34. The van der Waals surface area contributed by atoms with Crippen molar-refractivity contribution in [2.24, 2.45) is 0 Å². The predicted molar refractivity (Wildman–Crippen MR) is 52.6 cm³/mol. The number of rotatable bonds is 6. The van der Waals surface area contributed by atoms with E-state index in [2.05, 4.69) is 11.9 Å². The average Bonchev–Trinajstić information content (AvgIpc) is 2.60. The van der Waals surface area contributed by atoms with Gasteiger partial charge in [0.1, 0.15) is 12.6 Å². The van der Waals surface area contributed by atoms with Crippen LogP contribution in [0.3, 0.4) is 0 Å². The Kier molecular flexibility index (Phi) is 4.86. The second-order valence-electron chi connectivity index (χ2n) is 2.84. The van der Waals surface area contributed by atoms with Crippen molar-refractivity contribution in [2.45, 2.75) is 32.4 Å². The van der Waals surface area contributed by atoms with Gasteiger partial charge in [0.05, 0.1) is 5.88 Å². The number of ether oxygens (including phenoxy) is 1. The Bertz CT molecular complexity index is 237. The van der Waals surface area contributed by atoms with Gasteiger partial charge in [-0.05, 0) is 6.42 Å². The van der Waals surface area contributed by atoms with E-state index in [1.165, 1.54) is 0 Å². The fourth-order valence-electron chi connectivity index (χ4n) is 0.998. The normalized spacial score (nSPS) is 10.6. The molecular weight excluding hydrogens is 188 g/mol. The molecule has 0 saturated heterocycles. The van der Waals surface area contributed by atoms with E-state index in [9.17, 15) is 0 Å². The monoisotopic (exact) mass is 202 g/mol. The molecule has 1 aromatic heterocycles. The van der Waals surface area contributed by atoms with Crippen LogP contribution in [0.2, 0.25) is 0 Å². The van der Waals surface area contributed by atoms with Gasteiger partial charge in [-0.1, -0.05) is 13.3 Å². The summed E-state index contributed by atoms with van der Waals surface area (Å²) in [6, 6.07) is 0. The lowest BCUT2D eigenvalue weighted by molar-refractivity contribution is 0.0733. The van der Waals surface area contributed by atoms with Gasteiger partial charge in [0, 0.05) is 19.0 Å². The molecule has 0 saturated carbocycles. The average molecular weight is 203 g/mol. The van der Waals surface area contributed by atoms with E-state index in [0.717, 1.165) is 25.3 Å². The molecule has 0 fully saturated rings. The molecule has 0 aromatic carbocycles. The molecule has 1 aromatic rings. The molecule has 0 N–H and O–H groups in total. The van der Waals surface area contributed by atoms with Gasteiger partial charge >= 0.3 is 0 Å². The van der Waals surface area contributed by atoms with Crippen LogP contribution < -0.4 is 0 Å². The Morgan fingerprint density at radius 1 is 1.62 bits per heavy atom. The zero-order valence-electron chi connectivity index (χ0n) is 7.87. The predicted octanol–water partition coefficient (Wildman–Crippen LogP) is 2.40. The Morgan fingerprint density at radius 2 is 2.46 bits per heavy atom. The lowest BCUT2D eigenvalue weighted by Crippen LogP contribution is -2.05. The maximum atomic E-state index is 5.67. The molecule has 0 unspecified atom stereocenters. The smallest absolute Gasteiger partial charge is 0.125 e. The Hall–Kier alpha value is -0.540. The SMILES string of the molecule is CCCCOCn1ccnc1CCl. The third kappa shape index (κ3) is 3.36. The van der Waals surface area contributed by atoms with E-state index in [1.807, 2.05) is 10.8 Å². The molecule has 0 bridgehead atoms. The fraction of sp³-hybridized carbons (Fsp3) is 0.667. The maximum Gasteiger partial charge on any atom is 0.125 e. The molecule has 1 heterocycles. The first-order chi connectivity index (χ1) is 6.38. The second kappa shape index (κ2) is 6.00. The zero-order chi connectivity index (χ0) is 9.52. The van der Waals surface area contributed by atoms with Crippen molar-refractivity contribution in [2.75, 3.05) is 6.61 Å². The largest absolute Gasteiger partial charge is 0.361 e. The molecule has 0 aliphatic carbocycles. The Labute approximate surface area is 83.7 Å². The highest BCUT2D eigenvalue weighted by Gasteiger charge is 1.99. The van der Waals surface area contributed by atoms with E-state index in [-0.39, 0.29) is 0 Å². The number of hydrogen-bond acceptors (Lipinski definition) is 2. The third-order valence-corrected chi connectivity index (χ3v) is 2.03. The summed E-state index contributed by atoms with van der Waals surface area (Å²) in [5.74, 6) is 1.29. The summed E-state index contributed by atoms with van der Waals surface area (Å²) in [5, 5.41) is 0. The molecule has 0 atom stereocenters. The molecule has 0 aliphatic heterocycles. The first kappa shape index (κ1) is 10.5. The second-order valence-corrected chi connectivity index (χ2v) is 3.11. The maximum absolute atomic E-state index is 5.67. The Morgan fingerprint density at radius 3 is 3.15 bits per heavy atom. The minimum absolute atomic E-state index is 0.435. The molecule has 3 nitrogen and oxygen atoms in total. The van der Waals surface area contributed by atoms with E-state index < -0.39 is 0 Å². The first-order valence-electron chi connectivity index (χ1n) is 4.52. The van der Waals surface area contributed by atoms with Crippen molar-refractivity contribution < 1.29 is 4.74 Å². The minimum atomic E-state index is 0.435. The van der Waals surface area contributed by atoms with Crippen molar-refractivity contribution >= 4 is 11.6 Å². The van der Waals surface area contributed by atoms with E-state index in [4.69, 9.17) is 16.3 Å². The highest BCUT2D eigenvalue weighted by atomic mass is 35.5. The standard InChI is InChI=1S/C9H15ClN2O/c1-2-3-6-13-8-12-5-4-11-9(12)7-10/h4-5H,2-3,6-8H2,1H3. The number of nitrogens with zero attached hydrogens (tertiary/aromatic N) is 2. The summed E-state index contributed by atoms with van der Waals surface area (Å²) in [6.07, 6.45) is 5.88. The fourth-order valence-corrected chi connectivity index (χ4v) is 1.22. The van der Waals surface area contributed by atoms with Crippen LogP contribution in [0.1, 0.15) is 25.6 Å². The van der Waals surface area contributed by atoms with Gasteiger partial charge in [0.15, 0.2) is 0 Å². The topological polar surface area (TPSA) is 27.1 Å². The number of imidazole rings is 1. The van der Waals surface area contributed by atoms with Crippen LogP contribution in [-0.4, -0.2) is 16.2 Å². The number of aromatic nitrogens is 2. The van der Waals surface area contributed by atoms with Crippen LogP contribution in [0.25, 0.3) is 0 Å². The molecule has 0 aliphatic rings. The number of hydrogen-bond donors (Lipinski definition) is 0. The van der Waals surface area contributed by atoms with E-state index in [0.29, 0.717) is 12.6 Å². The van der Waals surface area contributed by atoms with Crippen LogP contribution in [0, 0.1) is 0 Å². The van der Waals surface area contributed by atoms with Gasteiger partial charge in [0.25, 0.3) is 0 Å². The lowest BCUT2D eigenvalue weighted by atomic mass is 10.4. The van der Waals surface area contributed by atoms with Crippen LogP contribution in [0.4, 0.5) is 0 Å². The quantitative estimate of drug-likeness (QED) is 0.523. The summed E-state index contributed by atoms with van der Waals surface area (Å²) in [5.41, 5.74) is 0. The van der Waals surface area contributed by atoms with Crippen LogP contribution in [0.5, 0.6) is 0 Å². The van der Waals surface area contributed by atoms with Crippen LogP contribution >= 0.6 is 11.6 Å². The van der Waals surface area contributed by atoms with Crippen molar-refractivity contribution in [3.63, 3.8) is 0 Å². The number of unbranched alkanes of at least 4 members (excludes halogenated alkanes) is 1. The first-order valence-corrected chi connectivity index (χ1v) is 5.05. The van der Waals surface area contributed by atoms with E-state index in [1.54, 1.807) is 6.20 Å². The lowest BCUT2D eigenvalue weighted by Gasteiger charge is -2.06. The third-order valence-electron chi connectivity index (χ3n) is 1.79. The van der Waals surface area contributed by atoms with Gasteiger partial charge in [-0.3, -0.25) is 0 Å². The molecule has 74 valence electrons. The Balaban J connectivity index is 2.27. The highest BCUT2D eigenvalue weighted by Crippen LogP contribution is 2.01. The molecule has 4 heteroatoms. The summed E-state index contributed by atoms with van der Waals surface area (Å²) in [4.78, 5) is 4.08. The van der Waals surface area contributed by atoms with Crippen molar-refractivity contribution in [1.29, 1.82) is 0 Å². The van der Waals surface area contributed by atoms with Gasteiger partial charge in [-0.2, -0.15) is 0 Å². The zero-order valence-corrected chi connectivity index (χ0v) is 8.63. The molecule has 13 heavy (non-hydrogen) atoms. The minimum Gasteiger partial charge on any atom is -0.361 e. The van der Waals surface area contributed by atoms with Gasteiger partial charge < -0.3 is 9.30 Å². The number of alkyl halides is 1. The van der Waals surface area contributed by atoms with Crippen molar-refractivity contribution in [3.05, 3.63) is 18.2 Å². The summed E-state index contributed by atoms with van der Waals surface area (Å²) >= 11 is 5.67. The molecule has 1 rings (SSSR count). The van der Waals surface area contributed by atoms with Gasteiger partial charge in [-0.15, -0.1) is 11.6 Å². The molecule has 0 spiro atoms. The highest BCUT2D eigenvalue weighted by molar-refractivity contribution is 6.16. The molecule has 0 radical (unpaired) electrons. The van der Waals surface area contributed by atoms with Crippen LogP contribution in [-0.2, 0) is 17.3 Å².